The van der Waals surface area contributed by atoms with Gasteiger partial charge in [0, 0.05) is 6.42 Å². The molecule has 10 N–H and O–H groups in total. The number of carbonyl (C=O) groups is 6. The number of hydrogen-bond donors (Lipinski definition) is 8. The van der Waals surface area contributed by atoms with Gasteiger partial charge in [0.2, 0.25) is 23.6 Å². The Morgan fingerprint density at radius 3 is 1.88 bits per heavy atom. The Labute approximate surface area is 187 Å². The topological polar surface area (TPSA) is 251 Å². The number of nitrogens with two attached hydrogens (primary N) is 2. The first-order valence-corrected chi connectivity index (χ1v) is 10.8. The zero-order valence-electron chi connectivity index (χ0n) is 17.4. The summed E-state index contributed by atoms with van der Waals surface area (Å²) in [6.45, 7) is -0.760. The second-order valence-corrected chi connectivity index (χ2v) is 7.68. The molecule has 0 saturated carbocycles. The average molecular weight is 480 g/mol. The molecule has 0 aromatic heterocycles. The number of aliphatic hydroxyl groups is 1. The van der Waals surface area contributed by atoms with Gasteiger partial charge in [0.15, 0.2) is 0 Å². The molecule has 0 fully saturated rings. The highest BCUT2D eigenvalue weighted by atomic mass is 32.2. The molecule has 182 valence electrons. The zero-order chi connectivity index (χ0) is 24.8. The largest absolute Gasteiger partial charge is 0.481 e. The van der Waals surface area contributed by atoms with E-state index >= 15 is 0 Å². The molecule has 4 atom stereocenters. The zero-order valence-corrected chi connectivity index (χ0v) is 18.2. The van der Waals surface area contributed by atoms with Crippen molar-refractivity contribution in [1.82, 2.24) is 16.0 Å². The number of rotatable bonds is 16. The highest BCUT2D eigenvalue weighted by molar-refractivity contribution is 7.98. The molecule has 0 aliphatic carbocycles. The first-order chi connectivity index (χ1) is 14.9. The van der Waals surface area contributed by atoms with Gasteiger partial charge in [-0.1, -0.05) is 0 Å². The third-order valence-electron chi connectivity index (χ3n) is 4.08. The van der Waals surface area contributed by atoms with Crippen LogP contribution < -0.4 is 27.4 Å². The summed E-state index contributed by atoms with van der Waals surface area (Å²) in [7, 11) is 0. The maximum absolute atomic E-state index is 12.6. The minimum absolute atomic E-state index is 0.0927. The lowest BCUT2D eigenvalue weighted by Crippen LogP contribution is -2.58. The molecule has 4 amide bonds. The fourth-order valence-corrected chi connectivity index (χ4v) is 2.81. The van der Waals surface area contributed by atoms with E-state index in [1.54, 1.807) is 6.26 Å². The Morgan fingerprint density at radius 2 is 1.41 bits per heavy atom. The summed E-state index contributed by atoms with van der Waals surface area (Å²) >= 11 is 1.36. The molecule has 0 heterocycles. The lowest BCUT2D eigenvalue weighted by atomic mass is 10.1. The van der Waals surface area contributed by atoms with Crippen molar-refractivity contribution in [1.29, 1.82) is 0 Å². The lowest BCUT2D eigenvalue weighted by Gasteiger charge is -2.24. The average Bonchev–Trinajstić information content (AvgIpc) is 2.71. The number of aliphatic carboxylic acids is 2. The van der Waals surface area contributed by atoms with Crippen LogP contribution in [0.5, 0.6) is 0 Å². The van der Waals surface area contributed by atoms with Crippen LogP contribution in [0.3, 0.4) is 0 Å². The number of thioether (sulfide) groups is 1. The maximum atomic E-state index is 12.6. The van der Waals surface area contributed by atoms with E-state index in [4.69, 9.17) is 21.7 Å². The number of primary amides is 1. The monoisotopic (exact) mass is 479 g/mol. The first-order valence-electron chi connectivity index (χ1n) is 9.42. The van der Waals surface area contributed by atoms with E-state index < -0.39 is 72.8 Å². The van der Waals surface area contributed by atoms with Crippen molar-refractivity contribution in [2.24, 2.45) is 11.5 Å². The Kier molecular flexibility index (Phi) is 13.6. The fraction of sp³-hybridized carbons (Fsp3) is 0.647. The molecule has 14 nitrogen and oxygen atoms in total. The van der Waals surface area contributed by atoms with Crippen LogP contribution in [0.15, 0.2) is 0 Å². The van der Waals surface area contributed by atoms with Gasteiger partial charge >= 0.3 is 11.9 Å². The van der Waals surface area contributed by atoms with Gasteiger partial charge < -0.3 is 42.7 Å². The summed E-state index contributed by atoms with van der Waals surface area (Å²) in [6.07, 6.45) is 0.328. The molecule has 15 heteroatoms. The molecular formula is C17H29N5O9S. The lowest BCUT2D eigenvalue weighted by molar-refractivity contribution is -0.143. The van der Waals surface area contributed by atoms with Gasteiger partial charge in [-0.25, -0.2) is 4.79 Å². The Balaban J connectivity index is 5.51. The number of carbonyl (C=O) groups excluding carboxylic acids is 4. The maximum Gasteiger partial charge on any atom is 0.326 e. The molecule has 32 heavy (non-hydrogen) atoms. The summed E-state index contributed by atoms with van der Waals surface area (Å²) in [4.78, 5) is 70.6. The van der Waals surface area contributed by atoms with Gasteiger partial charge in [-0.15, -0.1) is 0 Å². The van der Waals surface area contributed by atoms with Crippen molar-refractivity contribution in [3.8, 4) is 0 Å². The standard InChI is InChI=1S/C17H29N5O9S/c1-32-5-4-10(17(30)31)21-15(28)9(2-3-12(19)24)20-16(29)11(6-13(25)26)22-14(27)8(18)7-23/h8-11,23H,2-7,18H2,1H3,(H2,19,24)(H,20,29)(H,21,28)(H,22,27)(H,25,26)(H,30,31). The van der Waals surface area contributed by atoms with Gasteiger partial charge in [0.1, 0.15) is 24.2 Å². The van der Waals surface area contributed by atoms with E-state index in [-0.39, 0.29) is 19.3 Å². The molecule has 0 saturated heterocycles. The number of hydrogen-bond acceptors (Lipinski definition) is 9. The fourth-order valence-electron chi connectivity index (χ4n) is 2.34. The number of aliphatic hydroxyl groups excluding tert-OH is 1. The van der Waals surface area contributed by atoms with Gasteiger partial charge in [-0.3, -0.25) is 24.0 Å². The predicted molar refractivity (Wildman–Crippen MR) is 112 cm³/mol. The van der Waals surface area contributed by atoms with Crippen LogP contribution in [0.1, 0.15) is 25.7 Å². The molecule has 0 bridgehead atoms. The SMILES string of the molecule is CSCCC(NC(=O)C(CCC(N)=O)NC(=O)C(CC(=O)O)NC(=O)C(N)CO)C(=O)O. The molecular weight excluding hydrogens is 450 g/mol. The van der Waals surface area contributed by atoms with Gasteiger partial charge in [0.25, 0.3) is 0 Å². The second-order valence-electron chi connectivity index (χ2n) is 6.70. The van der Waals surface area contributed by atoms with Crippen LogP contribution in [0.2, 0.25) is 0 Å². The Hall–Kier alpha value is -2.91. The van der Waals surface area contributed by atoms with Crippen molar-refractivity contribution in [3.63, 3.8) is 0 Å². The third-order valence-corrected chi connectivity index (χ3v) is 4.73. The molecule has 0 aromatic carbocycles. The first kappa shape index (κ1) is 29.1. The number of nitrogens with one attached hydrogen (secondary N) is 3. The van der Waals surface area contributed by atoms with Gasteiger partial charge in [-0.05, 0) is 24.9 Å². The smallest absolute Gasteiger partial charge is 0.326 e. The normalized spacial score (nSPS) is 14.3. The highest BCUT2D eigenvalue weighted by Crippen LogP contribution is 2.05. The quantitative estimate of drug-likeness (QED) is 0.107. The summed E-state index contributed by atoms with van der Waals surface area (Å²) in [5.74, 6) is -6.15. The van der Waals surface area contributed by atoms with Crippen molar-refractivity contribution in [3.05, 3.63) is 0 Å². The minimum atomic E-state index is -1.66. The van der Waals surface area contributed by atoms with Crippen LogP contribution >= 0.6 is 11.8 Å². The van der Waals surface area contributed by atoms with Crippen LogP contribution in [0.4, 0.5) is 0 Å². The molecule has 0 spiro atoms. The highest BCUT2D eigenvalue weighted by Gasteiger charge is 2.31. The number of carboxylic acid groups (broad SMARTS) is 2. The summed E-state index contributed by atoms with van der Waals surface area (Å²) < 4.78 is 0. The van der Waals surface area contributed by atoms with Crippen molar-refractivity contribution >= 4 is 47.3 Å². The van der Waals surface area contributed by atoms with E-state index in [1.807, 2.05) is 0 Å². The van der Waals surface area contributed by atoms with Gasteiger partial charge in [-0.2, -0.15) is 11.8 Å². The van der Waals surface area contributed by atoms with E-state index in [0.29, 0.717) is 5.75 Å². The predicted octanol–water partition coefficient (Wildman–Crippen LogP) is -3.66. The van der Waals surface area contributed by atoms with Crippen molar-refractivity contribution < 1.29 is 44.1 Å². The molecule has 0 aliphatic heterocycles. The summed E-state index contributed by atoms with van der Waals surface area (Å²) in [5, 5.41) is 33.7. The van der Waals surface area contributed by atoms with Crippen molar-refractivity contribution in [2.75, 3.05) is 18.6 Å². The molecule has 0 rings (SSSR count). The summed E-state index contributed by atoms with van der Waals surface area (Å²) in [6, 6.07) is -5.78. The van der Waals surface area contributed by atoms with Crippen LogP contribution in [0, 0.1) is 0 Å². The molecule has 4 unspecified atom stereocenters. The Bertz CT molecular complexity index is 706. The van der Waals surface area contributed by atoms with E-state index in [1.165, 1.54) is 11.8 Å². The molecule has 0 radical (unpaired) electrons. The third kappa shape index (κ3) is 11.5. The summed E-state index contributed by atoms with van der Waals surface area (Å²) in [5.41, 5.74) is 10.4. The van der Waals surface area contributed by atoms with Crippen molar-refractivity contribution in [2.45, 2.75) is 49.9 Å². The molecule has 0 aliphatic rings. The second kappa shape index (κ2) is 15.0. The van der Waals surface area contributed by atoms with E-state index in [9.17, 15) is 33.9 Å². The number of amides is 4. The van der Waals surface area contributed by atoms with Crippen LogP contribution in [-0.2, 0) is 28.8 Å². The molecule has 0 aromatic rings. The van der Waals surface area contributed by atoms with Crippen LogP contribution in [0.25, 0.3) is 0 Å². The Morgan fingerprint density at radius 1 is 0.875 bits per heavy atom. The van der Waals surface area contributed by atoms with E-state index in [0.717, 1.165) is 0 Å². The number of carboxylic acids is 2. The van der Waals surface area contributed by atoms with E-state index in [2.05, 4.69) is 16.0 Å². The van der Waals surface area contributed by atoms with Crippen LogP contribution in [-0.4, -0.2) is 93.7 Å². The minimum Gasteiger partial charge on any atom is -0.481 e. The van der Waals surface area contributed by atoms with Gasteiger partial charge in [0.05, 0.1) is 13.0 Å².